The van der Waals surface area contributed by atoms with Crippen molar-refractivity contribution in [1.29, 1.82) is 0 Å². The number of H-pyrrole nitrogens is 2. The van der Waals surface area contributed by atoms with Crippen LogP contribution in [0.5, 0.6) is 11.5 Å². The summed E-state index contributed by atoms with van der Waals surface area (Å²) in [5.74, 6) is -0.253. The van der Waals surface area contributed by atoms with Crippen molar-refractivity contribution in [3.63, 3.8) is 0 Å². The quantitative estimate of drug-likeness (QED) is 0.142. The molecule has 0 saturated carbocycles. The fraction of sp³-hybridized carbons (Fsp3) is 0.0667. The van der Waals surface area contributed by atoms with E-state index in [0.29, 0.717) is 21.8 Å². The first-order valence-electron chi connectivity index (χ1n) is 12.5. The van der Waals surface area contributed by atoms with Crippen molar-refractivity contribution >= 4 is 57.5 Å². The Hall–Kier alpha value is -4.54. The third-order valence-electron chi connectivity index (χ3n) is 5.83. The lowest BCUT2D eigenvalue weighted by molar-refractivity contribution is -0.140. The molecule has 6 rings (SSSR count). The highest BCUT2D eigenvalue weighted by atomic mass is 32.2. The molecule has 0 atom stereocenters. The van der Waals surface area contributed by atoms with Gasteiger partial charge < -0.3 is 19.4 Å². The Labute approximate surface area is 237 Å². The number of rotatable bonds is 9. The van der Waals surface area contributed by atoms with Crippen LogP contribution in [0, 0.1) is 0 Å². The van der Waals surface area contributed by atoms with Gasteiger partial charge in [-0.15, -0.1) is 0 Å². The monoisotopic (exact) mass is 566 g/mol. The molecule has 0 fully saturated rings. The summed E-state index contributed by atoms with van der Waals surface area (Å²) in [5, 5.41) is 1.37. The number of imidazole rings is 2. The molecule has 0 amide bonds. The molecule has 4 aromatic carbocycles. The Morgan fingerprint density at radius 1 is 0.575 bits per heavy atom. The lowest BCUT2D eigenvalue weighted by atomic mass is 10.3. The molecule has 2 heterocycles. The number of esters is 2. The topological polar surface area (TPSA) is 110 Å². The molecule has 198 valence electrons. The predicted octanol–water partition coefficient (Wildman–Crippen LogP) is 7.03. The molecule has 0 aliphatic rings. The SMILES string of the molecule is O=C(CCC(=O)Oc1ccccc1Sc1nc2ccccc2[nH]1)Oc1ccccc1Sc1nc2ccccc2[nH]1. The summed E-state index contributed by atoms with van der Waals surface area (Å²) in [6.07, 6.45) is -0.247. The largest absolute Gasteiger partial charge is 0.425 e. The summed E-state index contributed by atoms with van der Waals surface area (Å²) in [6, 6.07) is 29.9. The fourth-order valence-corrected chi connectivity index (χ4v) is 5.69. The second-order valence-electron chi connectivity index (χ2n) is 8.66. The zero-order chi connectivity index (χ0) is 27.3. The number of hydrogen-bond acceptors (Lipinski definition) is 8. The van der Waals surface area contributed by atoms with Crippen LogP contribution in [0.15, 0.2) is 117 Å². The van der Waals surface area contributed by atoms with Gasteiger partial charge in [0.15, 0.2) is 10.3 Å². The van der Waals surface area contributed by atoms with Crippen molar-refractivity contribution in [2.45, 2.75) is 32.9 Å². The number of nitrogens with one attached hydrogen (secondary N) is 2. The van der Waals surface area contributed by atoms with Crippen LogP contribution in [0.1, 0.15) is 12.8 Å². The van der Waals surface area contributed by atoms with Crippen molar-refractivity contribution in [3.8, 4) is 11.5 Å². The lowest BCUT2D eigenvalue weighted by Crippen LogP contribution is -2.14. The third-order valence-corrected chi connectivity index (χ3v) is 7.72. The van der Waals surface area contributed by atoms with Gasteiger partial charge in [0, 0.05) is 0 Å². The van der Waals surface area contributed by atoms with Gasteiger partial charge in [-0.3, -0.25) is 9.59 Å². The number of fused-ring (bicyclic) bond motifs is 2. The second kappa shape index (κ2) is 11.7. The Morgan fingerprint density at radius 2 is 0.975 bits per heavy atom. The second-order valence-corrected chi connectivity index (χ2v) is 10.7. The number of ether oxygens (including phenoxy) is 2. The number of aromatic amines is 2. The highest BCUT2D eigenvalue weighted by Gasteiger charge is 2.16. The third kappa shape index (κ3) is 6.03. The average Bonchev–Trinajstić information content (AvgIpc) is 3.57. The zero-order valence-corrected chi connectivity index (χ0v) is 22.6. The van der Waals surface area contributed by atoms with Crippen LogP contribution >= 0.6 is 23.5 Å². The van der Waals surface area contributed by atoms with Crippen molar-refractivity contribution in [3.05, 3.63) is 97.1 Å². The van der Waals surface area contributed by atoms with E-state index in [1.807, 2.05) is 72.8 Å². The minimum atomic E-state index is -0.528. The molecule has 0 aliphatic heterocycles. The fourth-order valence-electron chi connectivity index (χ4n) is 3.95. The maximum absolute atomic E-state index is 12.6. The van der Waals surface area contributed by atoms with E-state index in [0.717, 1.165) is 31.9 Å². The van der Waals surface area contributed by atoms with Crippen LogP contribution in [0.3, 0.4) is 0 Å². The molecule has 2 N–H and O–H groups in total. The number of carbonyl (C=O) groups excluding carboxylic acids is 2. The van der Waals surface area contributed by atoms with Crippen LogP contribution in [-0.2, 0) is 9.59 Å². The van der Waals surface area contributed by atoms with Gasteiger partial charge in [-0.2, -0.15) is 0 Å². The number of aromatic nitrogens is 4. The maximum atomic E-state index is 12.6. The Balaban J connectivity index is 1.06. The zero-order valence-electron chi connectivity index (χ0n) is 21.0. The molecule has 40 heavy (non-hydrogen) atoms. The van der Waals surface area contributed by atoms with Gasteiger partial charge >= 0.3 is 11.9 Å². The van der Waals surface area contributed by atoms with Gasteiger partial charge in [0.05, 0.1) is 44.7 Å². The summed E-state index contributed by atoms with van der Waals surface area (Å²) in [5.41, 5.74) is 3.57. The molecule has 0 radical (unpaired) electrons. The van der Waals surface area contributed by atoms with Crippen LogP contribution in [0.25, 0.3) is 22.1 Å². The normalized spacial score (nSPS) is 11.1. The van der Waals surface area contributed by atoms with E-state index in [1.54, 1.807) is 24.3 Å². The first-order valence-corrected chi connectivity index (χ1v) is 14.1. The molecule has 0 saturated heterocycles. The van der Waals surface area contributed by atoms with Crippen molar-refractivity contribution in [2.75, 3.05) is 0 Å². The van der Waals surface area contributed by atoms with Crippen LogP contribution in [-0.4, -0.2) is 31.9 Å². The van der Waals surface area contributed by atoms with Gasteiger partial charge in [0.1, 0.15) is 11.5 Å². The van der Waals surface area contributed by atoms with E-state index in [9.17, 15) is 9.59 Å². The smallest absolute Gasteiger partial charge is 0.311 e. The standard InChI is InChI=1S/C30H22N4O4S2/c35-27(37-23-13-5-7-15-25(23)39-29-31-19-9-1-2-10-20(19)32-29)17-18-28(36)38-24-14-6-8-16-26(24)40-30-33-21-11-3-4-12-22(21)34-30/h1-16H,17-18H2,(H,31,32)(H,33,34). The first-order chi connectivity index (χ1) is 19.6. The summed E-state index contributed by atoms with van der Waals surface area (Å²) in [4.78, 5) is 42.4. The molecule has 0 aliphatic carbocycles. The maximum Gasteiger partial charge on any atom is 0.311 e. The van der Waals surface area contributed by atoms with Gasteiger partial charge in [-0.05, 0) is 72.1 Å². The minimum Gasteiger partial charge on any atom is -0.425 e. The molecular formula is C30H22N4O4S2. The Bertz CT molecular complexity index is 1630. The Morgan fingerprint density at radius 3 is 1.43 bits per heavy atom. The minimum absolute atomic E-state index is 0.124. The molecular weight excluding hydrogens is 544 g/mol. The van der Waals surface area contributed by atoms with E-state index in [-0.39, 0.29) is 12.8 Å². The number of nitrogens with zero attached hydrogens (tertiary/aromatic N) is 2. The van der Waals surface area contributed by atoms with Gasteiger partial charge in [0.2, 0.25) is 0 Å². The van der Waals surface area contributed by atoms with E-state index >= 15 is 0 Å². The predicted molar refractivity (Wildman–Crippen MR) is 154 cm³/mol. The van der Waals surface area contributed by atoms with Crippen molar-refractivity contribution < 1.29 is 19.1 Å². The van der Waals surface area contributed by atoms with Crippen LogP contribution in [0.4, 0.5) is 0 Å². The molecule has 0 bridgehead atoms. The summed E-state index contributed by atoms with van der Waals surface area (Å²) in [6.45, 7) is 0. The number of benzene rings is 4. The lowest BCUT2D eigenvalue weighted by Gasteiger charge is -2.10. The van der Waals surface area contributed by atoms with E-state index in [1.165, 1.54) is 23.5 Å². The molecule has 2 aromatic heterocycles. The average molecular weight is 567 g/mol. The molecule has 0 unspecified atom stereocenters. The first kappa shape index (κ1) is 25.7. The highest BCUT2D eigenvalue weighted by molar-refractivity contribution is 7.99. The molecule has 10 heteroatoms. The van der Waals surface area contributed by atoms with Gasteiger partial charge in [-0.25, -0.2) is 9.97 Å². The van der Waals surface area contributed by atoms with Crippen molar-refractivity contribution in [1.82, 2.24) is 19.9 Å². The summed E-state index contributed by atoms with van der Waals surface area (Å²) >= 11 is 2.73. The van der Waals surface area contributed by atoms with Crippen LogP contribution < -0.4 is 9.47 Å². The number of carbonyl (C=O) groups is 2. The van der Waals surface area contributed by atoms with E-state index < -0.39 is 11.9 Å². The molecule has 8 nitrogen and oxygen atoms in total. The number of para-hydroxylation sites is 6. The molecule has 0 spiro atoms. The summed E-state index contributed by atoms with van der Waals surface area (Å²) < 4.78 is 11.2. The van der Waals surface area contributed by atoms with Crippen LogP contribution in [0.2, 0.25) is 0 Å². The molecule has 6 aromatic rings. The summed E-state index contributed by atoms with van der Waals surface area (Å²) in [7, 11) is 0. The highest BCUT2D eigenvalue weighted by Crippen LogP contribution is 2.36. The van der Waals surface area contributed by atoms with Gasteiger partial charge in [-0.1, -0.05) is 48.5 Å². The van der Waals surface area contributed by atoms with Crippen molar-refractivity contribution in [2.24, 2.45) is 0 Å². The number of hydrogen-bond donors (Lipinski definition) is 2. The van der Waals surface area contributed by atoms with E-state index in [4.69, 9.17) is 9.47 Å². The Kier molecular flexibility index (Phi) is 7.51. The van der Waals surface area contributed by atoms with Gasteiger partial charge in [0.25, 0.3) is 0 Å². The van der Waals surface area contributed by atoms with E-state index in [2.05, 4.69) is 19.9 Å².